The molecule has 9 heteroatoms. The lowest BCUT2D eigenvalue weighted by atomic mass is 10.2. The van der Waals surface area contributed by atoms with Crippen LogP contribution in [0.2, 0.25) is 0 Å². The van der Waals surface area contributed by atoms with Crippen molar-refractivity contribution in [2.75, 3.05) is 25.0 Å². The molecular weight excluding hydrogens is 266 g/mol. The van der Waals surface area contributed by atoms with Gasteiger partial charge in [0.05, 0.1) is 16.6 Å². The van der Waals surface area contributed by atoms with Crippen LogP contribution in [-0.2, 0) is 0 Å². The van der Waals surface area contributed by atoms with E-state index in [4.69, 9.17) is 10.8 Å². The molecule has 1 aromatic heterocycles. The predicted octanol–water partition coefficient (Wildman–Crippen LogP) is -0.529. The SMILES string of the molecule is CC(O)CNCCNc1ncc([N+](=O)[O-])cc1C(N)=O. The van der Waals surface area contributed by atoms with Gasteiger partial charge in [-0.15, -0.1) is 0 Å². The second-order valence-electron chi connectivity index (χ2n) is 4.19. The zero-order valence-corrected chi connectivity index (χ0v) is 11.0. The molecule has 5 N–H and O–H groups in total. The molecule has 0 aliphatic heterocycles. The van der Waals surface area contributed by atoms with E-state index in [1.807, 2.05) is 0 Å². The number of carbonyl (C=O) groups is 1. The number of nitrogens with one attached hydrogen (secondary N) is 2. The molecule has 1 aromatic rings. The van der Waals surface area contributed by atoms with Crippen LogP contribution in [0.25, 0.3) is 0 Å². The minimum Gasteiger partial charge on any atom is -0.392 e. The van der Waals surface area contributed by atoms with Crippen LogP contribution in [0.3, 0.4) is 0 Å². The van der Waals surface area contributed by atoms with Crippen LogP contribution < -0.4 is 16.4 Å². The molecule has 110 valence electrons. The highest BCUT2D eigenvalue weighted by atomic mass is 16.6. The number of primary amides is 1. The molecule has 20 heavy (non-hydrogen) atoms. The highest BCUT2D eigenvalue weighted by Gasteiger charge is 2.15. The van der Waals surface area contributed by atoms with Crippen LogP contribution in [0.1, 0.15) is 17.3 Å². The summed E-state index contributed by atoms with van der Waals surface area (Å²) >= 11 is 0. The third kappa shape index (κ3) is 4.78. The van der Waals surface area contributed by atoms with Crippen molar-refractivity contribution in [2.45, 2.75) is 13.0 Å². The monoisotopic (exact) mass is 283 g/mol. The molecule has 1 unspecified atom stereocenters. The number of hydrogen-bond acceptors (Lipinski definition) is 7. The second-order valence-corrected chi connectivity index (χ2v) is 4.19. The number of aliphatic hydroxyl groups excluding tert-OH is 1. The summed E-state index contributed by atoms with van der Waals surface area (Å²) < 4.78 is 0. The first kappa shape index (κ1) is 15.8. The molecular formula is C11H17N5O4. The van der Waals surface area contributed by atoms with Gasteiger partial charge in [0.25, 0.3) is 11.6 Å². The molecule has 1 atom stereocenters. The molecule has 0 saturated carbocycles. The largest absolute Gasteiger partial charge is 0.392 e. The minimum absolute atomic E-state index is 0.0327. The number of pyridine rings is 1. The van der Waals surface area contributed by atoms with Gasteiger partial charge in [-0.25, -0.2) is 4.98 Å². The standard InChI is InChI=1S/C11H17N5O4/c1-7(17)5-13-2-3-14-11-9(10(12)18)4-8(6-15-11)16(19)20/h4,6-7,13,17H,2-3,5H2,1H3,(H2,12,18)(H,14,15). The Labute approximate surface area is 115 Å². The average Bonchev–Trinajstić information content (AvgIpc) is 2.37. The highest BCUT2D eigenvalue weighted by molar-refractivity contribution is 5.98. The Morgan fingerprint density at radius 3 is 2.85 bits per heavy atom. The van der Waals surface area contributed by atoms with Crippen LogP contribution in [0.5, 0.6) is 0 Å². The van der Waals surface area contributed by atoms with Crippen molar-refractivity contribution < 1.29 is 14.8 Å². The van der Waals surface area contributed by atoms with Gasteiger partial charge in [-0.1, -0.05) is 0 Å². The third-order valence-corrected chi connectivity index (χ3v) is 2.38. The van der Waals surface area contributed by atoms with E-state index in [1.165, 1.54) is 0 Å². The number of carbonyl (C=O) groups excluding carboxylic acids is 1. The molecule has 0 radical (unpaired) electrons. The maximum absolute atomic E-state index is 11.2. The molecule has 9 nitrogen and oxygen atoms in total. The van der Waals surface area contributed by atoms with E-state index < -0.39 is 16.9 Å². The summed E-state index contributed by atoms with van der Waals surface area (Å²) in [6.45, 7) is 3.06. The van der Waals surface area contributed by atoms with E-state index in [9.17, 15) is 14.9 Å². The zero-order valence-electron chi connectivity index (χ0n) is 11.0. The molecule has 1 amide bonds. The highest BCUT2D eigenvalue weighted by Crippen LogP contribution is 2.18. The predicted molar refractivity (Wildman–Crippen MR) is 72.4 cm³/mol. The molecule has 0 aliphatic carbocycles. The van der Waals surface area contributed by atoms with Crippen molar-refractivity contribution in [3.8, 4) is 0 Å². The number of amides is 1. The fourth-order valence-corrected chi connectivity index (χ4v) is 1.46. The molecule has 0 spiro atoms. The van der Waals surface area contributed by atoms with Crippen molar-refractivity contribution in [1.82, 2.24) is 10.3 Å². The fourth-order valence-electron chi connectivity index (χ4n) is 1.46. The van der Waals surface area contributed by atoms with Crippen molar-refractivity contribution >= 4 is 17.4 Å². The van der Waals surface area contributed by atoms with Gasteiger partial charge in [0.2, 0.25) is 0 Å². The van der Waals surface area contributed by atoms with Gasteiger partial charge in [-0.3, -0.25) is 14.9 Å². The van der Waals surface area contributed by atoms with Gasteiger partial charge in [0.1, 0.15) is 12.0 Å². The number of anilines is 1. The summed E-state index contributed by atoms with van der Waals surface area (Å²) in [5.41, 5.74) is 4.84. The Morgan fingerprint density at radius 2 is 2.30 bits per heavy atom. The number of aliphatic hydroxyl groups is 1. The van der Waals surface area contributed by atoms with Crippen LogP contribution in [-0.4, -0.2) is 46.7 Å². The lowest BCUT2D eigenvalue weighted by Crippen LogP contribution is -2.29. The van der Waals surface area contributed by atoms with Crippen LogP contribution in [0.15, 0.2) is 12.3 Å². The normalized spacial score (nSPS) is 11.9. The van der Waals surface area contributed by atoms with Crippen molar-refractivity contribution in [1.29, 1.82) is 0 Å². The molecule has 1 heterocycles. The number of aromatic nitrogens is 1. The zero-order chi connectivity index (χ0) is 15.1. The van der Waals surface area contributed by atoms with Crippen LogP contribution >= 0.6 is 0 Å². The number of nitrogens with two attached hydrogens (primary N) is 1. The second kappa shape index (κ2) is 7.36. The lowest BCUT2D eigenvalue weighted by Gasteiger charge is -2.10. The van der Waals surface area contributed by atoms with E-state index in [2.05, 4.69) is 15.6 Å². The molecule has 0 aromatic carbocycles. The summed E-state index contributed by atoms with van der Waals surface area (Å²) in [5, 5.41) is 25.5. The number of rotatable bonds is 8. The van der Waals surface area contributed by atoms with Crippen molar-refractivity contribution in [2.24, 2.45) is 5.73 Å². The fraction of sp³-hybridized carbons (Fsp3) is 0.455. The molecule has 1 rings (SSSR count). The van der Waals surface area contributed by atoms with E-state index in [0.29, 0.717) is 19.6 Å². The van der Waals surface area contributed by atoms with E-state index >= 15 is 0 Å². The summed E-state index contributed by atoms with van der Waals surface area (Å²) in [7, 11) is 0. The Balaban J connectivity index is 2.65. The summed E-state index contributed by atoms with van der Waals surface area (Å²) in [5.74, 6) is -0.595. The molecule has 0 fully saturated rings. The van der Waals surface area contributed by atoms with Gasteiger partial charge in [-0.2, -0.15) is 0 Å². The van der Waals surface area contributed by atoms with Gasteiger partial charge in [0.15, 0.2) is 0 Å². The van der Waals surface area contributed by atoms with Gasteiger partial charge in [0, 0.05) is 25.7 Å². The van der Waals surface area contributed by atoms with E-state index in [0.717, 1.165) is 12.3 Å². The quantitative estimate of drug-likeness (QED) is 0.285. The third-order valence-electron chi connectivity index (χ3n) is 2.38. The Bertz CT molecular complexity index is 492. The van der Waals surface area contributed by atoms with E-state index in [1.54, 1.807) is 6.92 Å². The Hall–Kier alpha value is -2.26. The first-order valence-electron chi connectivity index (χ1n) is 5.98. The Kier molecular flexibility index (Phi) is 5.81. The van der Waals surface area contributed by atoms with Gasteiger partial charge in [-0.05, 0) is 6.92 Å². The van der Waals surface area contributed by atoms with Crippen molar-refractivity contribution in [3.63, 3.8) is 0 Å². The summed E-state index contributed by atoms with van der Waals surface area (Å²) in [4.78, 5) is 25.0. The van der Waals surface area contributed by atoms with Gasteiger partial charge < -0.3 is 21.5 Å². The minimum atomic E-state index is -0.791. The first-order valence-corrected chi connectivity index (χ1v) is 5.98. The average molecular weight is 283 g/mol. The number of nitrogens with zero attached hydrogens (tertiary/aromatic N) is 2. The lowest BCUT2D eigenvalue weighted by molar-refractivity contribution is -0.385. The maximum atomic E-state index is 11.2. The maximum Gasteiger partial charge on any atom is 0.288 e. The summed E-state index contributed by atoms with van der Waals surface area (Å²) in [6.07, 6.45) is 0.603. The first-order chi connectivity index (χ1) is 9.41. The smallest absolute Gasteiger partial charge is 0.288 e. The molecule has 0 bridgehead atoms. The topological polar surface area (TPSA) is 143 Å². The summed E-state index contributed by atoms with van der Waals surface area (Å²) in [6, 6.07) is 1.08. The Morgan fingerprint density at radius 1 is 1.60 bits per heavy atom. The van der Waals surface area contributed by atoms with Crippen molar-refractivity contribution in [3.05, 3.63) is 27.9 Å². The van der Waals surface area contributed by atoms with Crippen LogP contribution in [0.4, 0.5) is 11.5 Å². The number of hydrogen-bond donors (Lipinski definition) is 4. The van der Waals surface area contributed by atoms with Gasteiger partial charge >= 0.3 is 0 Å². The van der Waals surface area contributed by atoms with E-state index in [-0.39, 0.29) is 17.1 Å². The van der Waals surface area contributed by atoms with Crippen LogP contribution in [0, 0.1) is 10.1 Å². The number of nitro groups is 1. The molecule has 0 saturated heterocycles. The molecule has 0 aliphatic rings.